The van der Waals surface area contributed by atoms with Crippen molar-refractivity contribution in [3.05, 3.63) is 48.8 Å². The van der Waals surface area contributed by atoms with Crippen LogP contribution in [0.5, 0.6) is 0 Å². The number of nitrogens with one attached hydrogen (secondary N) is 2. The molecule has 1 aromatic heterocycles. The Labute approximate surface area is 158 Å². The van der Waals surface area contributed by atoms with Crippen molar-refractivity contribution in [2.24, 2.45) is 5.92 Å². The molecule has 0 aliphatic carbocycles. The summed E-state index contributed by atoms with van der Waals surface area (Å²) in [6, 6.07) is 11.6. The lowest BCUT2D eigenvalue weighted by molar-refractivity contribution is -0.129. The fourth-order valence-electron chi connectivity index (χ4n) is 3.46. The average molecular weight is 370 g/mol. The number of anilines is 1. The molecule has 0 radical (unpaired) electrons. The largest absolute Gasteiger partial charge is 0.325 e. The molecule has 144 valence electrons. The fourth-order valence-corrected chi connectivity index (χ4v) is 3.46. The lowest BCUT2D eigenvalue weighted by Gasteiger charge is -2.32. The van der Waals surface area contributed by atoms with Gasteiger partial charge in [0, 0.05) is 43.3 Å². The van der Waals surface area contributed by atoms with Gasteiger partial charge in [0.1, 0.15) is 0 Å². The molecule has 27 heavy (non-hydrogen) atoms. The number of carbonyl (C=O) groups excluding carboxylic acids is 2. The Balaban J connectivity index is 1.42. The van der Waals surface area contributed by atoms with Crippen LogP contribution >= 0.6 is 0 Å². The first-order chi connectivity index (χ1) is 13.2. The summed E-state index contributed by atoms with van der Waals surface area (Å²) < 4.78 is 2.01. The zero-order valence-corrected chi connectivity index (χ0v) is 15.3. The van der Waals surface area contributed by atoms with Gasteiger partial charge in [-0.25, -0.2) is 10.3 Å². The van der Waals surface area contributed by atoms with Crippen molar-refractivity contribution >= 4 is 17.6 Å². The van der Waals surface area contributed by atoms with Crippen LogP contribution in [0.4, 0.5) is 10.5 Å². The number of urea groups is 1. The quantitative estimate of drug-likeness (QED) is 0.538. The number of likely N-dealkylation sites (tertiary alicyclic amines) is 1. The molecule has 0 unspecified atom stereocenters. The highest BCUT2D eigenvalue weighted by Crippen LogP contribution is 2.23. The maximum Gasteiger partial charge on any atom is 0.321 e. The highest BCUT2D eigenvalue weighted by molar-refractivity contribution is 5.89. The molecule has 0 spiro atoms. The van der Waals surface area contributed by atoms with E-state index in [1.54, 1.807) is 5.48 Å². The molecule has 1 aliphatic rings. The van der Waals surface area contributed by atoms with Gasteiger partial charge >= 0.3 is 6.03 Å². The minimum atomic E-state index is -0.338. The molecule has 1 fully saturated rings. The topological polar surface area (TPSA) is 86.6 Å². The number of nitrogens with zero attached hydrogens (tertiary/aromatic N) is 2. The summed E-state index contributed by atoms with van der Waals surface area (Å²) in [6.45, 7) is 1.45. The van der Waals surface area contributed by atoms with E-state index >= 15 is 0 Å². The van der Waals surface area contributed by atoms with E-state index in [2.05, 4.69) is 5.32 Å². The number of hydrogen-bond donors (Lipinski definition) is 3. The second kappa shape index (κ2) is 9.23. The van der Waals surface area contributed by atoms with Gasteiger partial charge in [0.2, 0.25) is 5.91 Å². The molecule has 1 aromatic carbocycles. The number of rotatable bonds is 6. The van der Waals surface area contributed by atoms with Gasteiger partial charge in [0.05, 0.1) is 0 Å². The monoisotopic (exact) mass is 370 g/mol. The minimum Gasteiger partial charge on any atom is -0.325 e. The summed E-state index contributed by atoms with van der Waals surface area (Å²) >= 11 is 0. The normalized spacial score (nSPS) is 14.8. The number of hydrogen-bond acceptors (Lipinski definition) is 3. The zero-order chi connectivity index (χ0) is 19.1. The van der Waals surface area contributed by atoms with E-state index in [4.69, 9.17) is 5.21 Å². The van der Waals surface area contributed by atoms with Crippen LogP contribution in [0.2, 0.25) is 0 Å². The SMILES string of the molecule is O=C(CCCC1CCN(C(=O)Nc2ccc(-n3cccc3)cc2)CC1)NO. The van der Waals surface area contributed by atoms with Crippen molar-refractivity contribution < 1.29 is 14.8 Å². The molecular weight excluding hydrogens is 344 g/mol. The van der Waals surface area contributed by atoms with Crippen LogP contribution in [0.1, 0.15) is 32.1 Å². The number of aromatic nitrogens is 1. The Bertz CT molecular complexity index is 735. The predicted molar refractivity (Wildman–Crippen MR) is 103 cm³/mol. The first-order valence-electron chi connectivity index (χ1n) is 9.38. The summed E-state index contributed by atoms with van der Waals surface area (Å²) in [5.41, 5.74) is 3.49. The molecule has 0 saturated carbocycles. The molecule has 3 rings (SSSR count). The Morgan fingerprint density at radius 2 is 1.74 bits per heavy atom. The molecule has 7 heteroatoms. The minimum absolute atomic E-state index is 0.0678. The molecule has 2 aromatic rings. The summed E-state index contributed by atoms with van der Waals surface area (Å²) in [4.78, 5) is 25.3. The van der Waals surface area contributed by atoms with Gasteiger partial charge in [-0.3, -0.25) is 10.0 Å². The van der Waals surface area contributed by atoms with Gasteiger partial charge in [0.15, 0.2) is 0 Å². The Morgan fingerprint density at radius 3 is 2.37 bits per heavy atom. The highest BCUT2D eigenvalue weighted by Gasteiger charge is 2.22. The number of benzene rings is 1. The van der Waals surface area contributed by atoms with Crippen LogP contribution in [0.15, 0.2) is 48.8 Å². The molecular formula is C20H26N4O3. The molecule has 2 heterocycles. The van der Waals surface area contributed by atoms with Gasteiger partial charge in [-0.1, -0.05) is 0 Å². The van der Waals surface area contributed by atoms with Gasteiger partial charge in [-0.2, -0.15) is 0 Å². The molecule has 3 N–H and O–H groups in total. The van der Waals surface area contributed by atoms with Crippen LogP contribution in [-0.4, -0.2) is 39.7 Å². The van der Waals surface area contributed by atoms with Crippen molar-refractivity contribution in [1.82, 2.24) is 14.9 Å². The lowest BCUT2D eigenvalue weighted by Crippen LogP contribution is -2.41. The van der Waals surface area contributed by atoms with Crippen LogP contribution in [0.3, 0.4) is 0 Å². The van der Waals surface area contributed by atoms with Gasteiger partial charge in [-0.05, 0) is 68.0 Å². The van der Waals surface area contributed by atoms with Crippen molar-refractivity contribution in [2.75, 3.05) is 18.4 Å². The number of amides is 3. The molecule has 1 saturated heterocycles. The van der Waals surface area contributed by atoms with E-state index in [0.29, 0.717) is 12.3 Å². The third kappa shape index (κ3) is 5.34. The summed E-state index contributed by atoms with van der Waals surface area (Å²) in [5.74, 6) is 0.191. The van der Waals surface area contributed by atoms with Gasteiger partial charge < -0.3 is 14.8 Å². The Kier molecular flexibility index (Phi) is 6.49. The summed E-state index contributed by atoms with van der Waals surface area (Å²) in [5, 5.41) is 11.5. The van der Waals surface area contributed by atoms with Gasteiger partial charge in [-0.15, -0.1) is 0 Å². The van der Waals surface area contributed by atoms with Crippen LogP contribution in [-0.2, 0) is 4.79 Å². The number of carbonyl (C=O) groups is 2. The van der Waals surface area contributed by atoms with E-state index < -0.39 is 0 Å². The van der Waals surface area contributed by atoms with Crippen LogP contribution < -0.4 is 10.8 Å². The maximum atomic E-state index is 12.5. The van der Waals surface area contributed by atoms with E-state index in [-0.39, 0.29) is 11.9 Å². The Hall–Kier alpha value is -2.80. The molecule has 7 nitrogen and oxygen atoms in total. The predicted octanol–water partition coefficient (Wildman–Crippen LogP) is 3.40. The molecule has 0 atom stereocenters. The molecule has 1 aliphatic heterocycles. The Morgan fingerprint density at radius 1 is 1.07 bits per heavy atom. The first kappa shape index (κ1) is 19.0. The van der Waals surface area contributed by atoms with Crippen molar-refractivity contribution in [3.63, 3.8) is 0 Å². The van der Waals surface area contributed by atoms with Crippen LogP contribution in [0, 0.1) is 5.92 Å². The first-order valence-corrected chi connectivity index (χ1v) is 9.38. The van der Waals surface area contributed by atoms with Crippen LogP contribution in [0.25, 0.3) is 5.69 Å². The standard InChI is InChI=1S/C20H26N4O3/c25-19(22-27)5-3-4-16-10-14-24(15-11-16)20(26)21-17-6-8-18(9-7-17)23-12-1-2-13-23/h1-2,6-9,12-13,16,27H,3-5,10-11,14-15H2,(H,21,26)(H,22,25). The highest BCUT2D eigenvalue weighted by atomic mass is 16.5. The zero-order valence-electron chi connectivity index (χ0n) is 15.3. The van der Waals surface area contributed by atoms with Crippen molar-refractivity contribution in [3.8, 4) is 5.69 Å². The summed E-state index contributed by atoms with van der Waals surface area (Å²) in [7, 11) is 0. The smallest absolute Gasteiger partial charge is 0.321 e. The number of hydroxylamine groups is 1. The van der Waals surface area contributed by atoms with E-state index in [1.807, 2.05) is 58.3 Å². The van der Waals surface area contributed by atoms with Gasteiger partial charge in [0.25, 0.3) is 0 Å². The van der Waals surface area contributed by atoms with E-state index in [9.17, 15) is 9.59 Å². The fraction of sp³-hybridized carbons (Fsp3) is 0.400. The molecule has 3 amide bonds. The molecule has 0 bridgehead atoms. The maximum absolute atomic E-state index is 12.5. The summed E-state index contributed by atoms with van der Waals surface area (Å²) in [6.07, 6.45) is 7.90. The lowest BCUT2D eigenvalue weighted by atomic mass is 9.91. The third-order valence-electron chi connectivity index (χ3n) is 5.06. The van der Waals surface area contributed by atoms with Crippen molar-refractivity contribution in [2.45, 2.75) is 32.1 Å². The second-order valence-electron chi connectivity index (χ2n) is 6.92. The third-order valence-corrected chi connectivity index (χ3v) is 5.06. The average Bonchev–Trinajstić information content (AvgIpc) is 3.23. The second-order valence-corrected chi connectivity index (χ2v) is 6.92. The van der Waals surface area contributed by atoms with Crippen molar-refractivity contribution in [1.29, 1.82) is 0 Å². The van der Waals surface area contributed by atoms with E-state index in [0.717, 1.165) is 50.1 Å². The number of piperidine rings is 1. The van der Waals surface area contributed by atoms with E-state index in [1.165, 1.54) is 0 Å².